The SMILES string of the molecule is CC(=O)NC1CCN(c2ccc3c(Cl)ccc(C)c3n2)CC1. The first-order valence-corrected chi connectivity index (χ1v) is 8.00. The molecule has 3 rings (SSSR count). The van der Waals surface area contributed by atoms with Gasteiger partial charge in [-0.1, -0.05) is 17.7 Å². The molecule has 2 heterocycles. The number of fused-ring (bicyclic) bond motifs is 1. The minimum absolute atomic E-state index is 0.0487. The fourth-order valence-electron chi connectivity index (χ4n) is 3.03. The number of nitrogens with one attached hydrogen (secondary N) is 1. The van der Waals surface area contributed by atoms with Crippen LogP contribution in [0, 0.1) is 6.92 Å². The highest BCUT2D eigenvalue weighted by Gasteiger charge is 2.21. The van der Waals surface area contributed by atoms with Gasteiger partial charge < -0.3 is 10.2 Å². The third-order valence-electron chi connectivity index (χ3n) is 4.22. The number of anilines is 1. The highest BCUT2D eigenvalue weighted by atomic mass is 35.5. The van der Waals surface area contributed by atoms with Crippen LogP contribution in [0.2, 0.25) is 5.02 Å². The molecule has 1 aliphatic heterocycles. The van der Waals surface area contributed by atoms with Gasteiger partial charge in [0, 0.05) is 36.5 Å². The maximum atomic E-state index is 11.1. The maximum absolute atomic E-state index is 11.1. The molecule has 2 aromatic rings. The molecule has 0 saturated carbocycles. The first-order chi connectivity index (χ1) is 10.5. The first-order valence-electron chi connectivity index (χ1n) is 7.62. The Labute approximate surface area is 135 Å². The van der Waals surface area contributed by atoms with E-state index in [9.17, 15) is 4.79 Å². The number of halogens is 1. The van der Waals surface area contributed by atoms with E-state index in [-0.39, 0.29) is 11.9 Å². The van der Waals surface area contributed by atoms with Crippen molar-refractivity contribution in [3.05, 3.63) is 34.9 Å². The van der Waals surface area contributed by atoms with Crippen molar-refractivity contribution in [3.8, 4) is 0 Å². The van der Waals surface area contributed by atoms with Crippen LogP contribution in [0.5, 0.6) is 0 Å². The average Bonchev–Trinajstić information content (AvgIpc) is 2.51. The average molecular weight is 318 g/mol. The van der Waals surface area contributed by atoms with Crippen LogP contribution >= 0.6 is 11.6 Å². The number of carbonyl (C=O) groups is 1. The third-order valence-corrected chi connectivity index (χ3v) is 4.55. The molecule has 0 atom stereocenters. The van der Waals surface area contributed by atoms with Crippen molar-refractivity contribution in [2.75, 3.05) is 18.0 Å². The lowest BCUT2D eigenvalue weighted by molar-refractivity contribution is -0.119. The highest BCUT2D eigenvalue weighted by Crippen LogP contribution is 2.28. The minimum Gasteiger partial charge on any atom is -0.356 e. The summed E-state index contributed by atoms with van der Waals surface area (Å²) in [5.74, 6) is 1.03. The normalized spacial score (nSPS) is 16.0. The van der Waals surface area contributed by atoms with E-state index in [0.29, 0.717) is 0 Å². The van der Waals surface area contributed by atoms with Crippen molar-refractivity contribution in [1.29, 1.82) is 0 Å². The molecule has 1 aliphatic rings. The molecule has 1 N–H and O–H groups in total. The van der Waals surface area contributed by atoms with Gasteiger partial charge in [-0.3, -0.25) is 4.79 Å². The molecular weight excluding hydrogens is 298 g/mol. The van der Waals surface area contributed by atoms with Crippen molar-refractivity contribution < 1.29 is 4.79 Å². The molecule has 0 unspecified atom stereocenters. The second kappa shape index (κ2) is 6.13. The number of hydrogen-bond acceptors (Lipinski definition) is 3. The van der Waals surface area contributed by atoms with Gasteiger partial charge in [-0.05, 0) is 43.5 Å². The molecule has 4 nitrogen and oxygen atoms in total. The molecule has 1 aromatic heterocycles. The summed E-state index contributed by atoms with van der Waals surface area (Å²) in [6.07, 6.45) is 1.90. The summed E-state index contributed by atoms with van der Waals surface area (Å²) in [5.41, 5.74) is 2.10. The Bertz CT molecular complexity index is 708. The maximum Gasteiger partial charge on any atom is 0.217 e. The molecule has 0 bridgehead atoms. The van der Waals surface area contributed by atoms with Gasteiger partial charge in [0.25, 0.3) is 0 Å². The number of piperidine rings is 1. The predicted octanol–water partition coefficient (Wildman–Crippen LogP) is 3.30. The second-order valence-corrected chi connectivity index (χ2v) is 6.30. The summed E-state index contributed by atoms with van der Waals surface area (Å²) >= 11 is 6.24. The third kappa shape index (κ3) is 3.02. The fourth-order valence-corrected chi connectivity index (χ4v) is 3.24. The van der Waals surface area contributed by atoms with E-state index in [0.717, 1.165) is 53.2 Å². The Morgan fingerprint density at radius 2 is 2.00 bits per heavy atom. The van der Waals surface area contributed by atoms with Crippen LogP contribution in [-0.2, 0) is 4.79 Å². The zero-order valence-electron chi connectivity index (χ0n) is 12.9. The number of pyridine rings is 1. The molecule has 22 heavy (non-hydrogen) atoms. The molecule has 116 valence electrons. The van der Waals surface area contributed by atoms with Crippen LogP contribution in [0.4, 0.5) is 5.82 Å². The molecular formula is C17H20ClN3O. The van der Waals surface area contributed by atoms with Crippen molar-refractivity contribution in [3.63, 3.8) is 0 Å². The molecule has 1 aromatic carbocycles. The van der Waals surface area contributed by atoms with Gasteiger partial charge in [0.05, 0.1) is 5.52 Å². The van der Waals surface area contributed by atoms with E-state index in [2.05, 4.69) is 17.1 Å². The van der Waals surface area contributed by atoms with E-state index in [1.807, 2.05) is 24.3 Å². The number of hydrogen-bond donors (Lipinski definition) is 1. The van der Waals surface area contributed by atoms with Crippen molar-refractivity contribution in [1.82, 2.24) is 10.3 Å². The van der Waals surface area contributed by atoms with E-state index in [4.69, 9.17) is 16.6 Å². The Kier molecular flexibility index (Phi) is 4.21. The largest absolute Gasteiger partial charge is 0.356 e. The van der Waals surface area contributed by atoms with Gasteiger partial charge in [-0.2, -0.15) is 0 Å². The van der Waals surface area contributed by atoms with Crippen molar-refractivity contribution in [2.24, 2.45) is 0 Å². The van der Waals surface area contributed by atoms with E-state index in [1.165, 1.54) is 0 Å². The quantitative estimate of drug-likeness (QED) is 0.924. The molecule has 0 radical (unpaired) electrons. The lowest BCUT2D eigenvalue weighted by Crippen LogP contribution is -2.44. The molecule has 1 fully saturated rings. The number of amides is 1. The van der Waals surface area contributed by atoms with Crippen LogP contribution in [0.1, 0.15) is 25.3 Å². The first kappa shape index (κ1) is 15.1. The summed E-state index contributed by atoms with van der Waals surface area (Å²) in [5, 5.41) is 4.73. The van der Waals surface area contributed by atoms with E-state index in [1.54, 1.807) is 6.92 Å². The van der Waals surface area contributed by atoms with Crippen LogP contribution in [0.15, 0.2) is 24.3 Å². The van der Waals surface area contributed by atoms with E-state index >= 15 is 0 Å². The summed E-state index contributed by atoms with van der Waals surface area (Å²) in [7, 11) is 0. The van der Waals surface area contributed by atoms with Crippen molar-refractivity contribution >= 4 is 34.2 Å². The Balaban J connectivity index is 1.80. The Hall–Kier alpha value is -1.81. The monoisotopic (exact) mass is 317 g/mol. The summed E-state index contributed by atoms with van der Waals surface area (Å²) < 4.78 is 0. The second-order valence-electron chi connectivity index (χ2n) is 5.89. The molecule has 5 heteroatoms. The van der Waals surface area contributed by atoms with Gasteiger partial charge in [0.1, 0.15) is 5.82 Å². The number of benzene rings is 1. The fraction of sp³-hybridized carbons (Fsp3) is 0.412. The zero-order chi connectivity index (χ0) is 15.7. The molecule has 1 saturated heterocycles. The summed E-state index contributed by atoms with van der Waals surface area (Å²) in [6, 6.07) is 8.29. The molecule has 1 amide bonds. The minimum atomic E-state index is 0.0487. The van der Waals surface area contributed by atoms with Gasteiger partial charge in [-0.25, -0.2) is 4.98 Å². The zero-order valence-corrected chi connectivity index (χ0v) is 13.7. The lowest BCUT2D eigenvalue weighted by atomic mass is 10.0. The van der Waals surface area contributed by atoms with E-state index < -0.39 is 0 Å². The number of aromatic nitrogens is 1. The summed E-state index contributed by atoms with van der Waals surface area (Å²) in [4.78, 5) is 18.2. The topological polar surface area (TPSA) is 45.2 Å². The van der Waals surface area contributed by atoms with Crippen LogP contribution in [0.3, 0.4) is 0 Å². The Morgan fingerprint density at radius 1 is 1.27 bits per heavy atom. The van der Waals surface area contributed by atoms with Crippen LogP contribution in [0.25, 0.3) is 10.9 Å². The number of carbonyl (C=O) groups excluding carboxylic acids is 1. The number of aryl methyl sites for hydroxylation is 1. The van der Waals surface area contributed by atoms with Crippen LogP contribution < -0.4 is 10.2 Å². The van der Waals surface area contributed by atoms with Gasteiger partial charge in [0.15, 0.2) is 0 Å². The highest BCUT2D eigenvalue weighted by molar-refractivity contribution is 6.35. The van der Waals surface area contributed by atoms with Crippen molar-refractivity contribution in [2.45, 2.75) is 32.7 Å². The Morgan fingerprint density at radius 3 is 2.68 bits per heavy atom. The van der Waals surface area contributed by atoms with Gasteiger partial charge in [-0.15, -0.1) is 0 Å². The van der Waals surface area contributed by atoms with Gasteiger partial charge >= 0.3 is 0 Å². The smallest absolute Gasteiger partial charge is 0.217 e. The number of nitrogens with zero attached hydrogens (tertiary/aromatic N) is 2. The predicted molar refractivity (Wildman–Crippen MR) is 90.5 cm³/mol. The standard InChI is InChI=1S/C17H20ClN3O/c1-11-3-5-15(18)14-4-6-16(20-17(11)14)21-9-7-13(8-10-21)19-12(2)22/h3-6,13H,7-10H2,1-2H3,(H,19,22). The van der Waals surface area contributed by atoms with Crippen LogP contribution in [-0.4, -0.2) is 30.0 Å². The lowest BCUT2D eigenvalue weighted by Gasteiger charge is -2.33. The summed E-state index contributed by atoms with van der Waals surface area (Å²) in [6.45, 7) is 5.44. The molecule has 0 aliphatic carbocycles. The molecule has 0 spiro atoms. The number of rotatable bonds is 2. The van der Waals surface area contributed by atoms with Gasteiger partial charge in [0.2, 0.25) is 5.91 Å².